The molecule has 3 unspecified atom stereocenters. The predicted octanol–water partition coefficient (Wildman–Crippen LogP) is 1.63. The van der Waals surface area contributed by atoms with Crippen molar-refractivity contribution in [3.8, 4) is 0 Å². The molecule has 1 N–H and O–H groups in total. The Morgan fingerprint density at radius 1 is 1.14 bits per heavy atom. The van der Waals surface area contributed by atoms with Crippen LogP contribution < -0.4 is 0 Å². The van der Waals surface area contributed by atoms with E-state index in [1.807, 2.05) is 0 Å². The average Bonchev–Trinajstić information content (AvgIpc) is 2.92. The molecule has 80 valence electrons. The lowest BCUT2D eigenvalue weighted by atomic mass is 9.93. The van der Waals surface area contributed by atoms with Gasteiger partial charge in [0.1, 0.15) is 0 Å². The van der Waals surface area contributed by atoms with E-state index in [2.05, 4.69) is 4.90 Å². The third-order valence-electron chi connectivity index (χ3n) is 4.76. The molecule has 2 nitrogen and oxygen atoms in total. The lowest BCUT2D eigenvalue weighted by Crippen LogP contribution is -2.43. The van der Waals surface area contributed by atoms with Gasteiger partial charge in [0.15, 0.2) is 0 Å². The third kappa shape index (κ3) is 1.31. The highest BCUT2D eigenvalue weighted by molar-refractivity contribution is 4.98. The number of hydrogen-bond acceptors (Lipinski definition) is 2. The molecule has 1 saturated heterocycles. The van der Waals surface area contributed by atoms with Crippen molar-refractivity contribution < 1.29 is 5.11 Å². The van der Waals surface area contributed by atoms with E-state index >= 15 is 0 Å². The molecule has 0 spiro atoms. The Labute approximate surface area is 86.3 Å². The lowest BCUT2D eigenvalue weighted by Gasteiger charge is -2.35. The molecule has 0 aromatic carbocycles. The van der Waals surface area contributed by atoms with Crippen molar-refractivity contribution in [3.05, 3.63) is 0 Å². The van der Waals surface area contributed by atoms with Crippen LogP contribution in [-0.2, 0) is 0 Å². The van der Waals surface area contributed by atoms with Crippen LogP contribution in [0.1, 0.15) is 38.5 Å². The summed E-state index contributed by atoms with van der Waals surface area (Å²) in [6, 6.07) is 1.34. The number of likely N-dealkylation sites (tertiary alicyclic amines) is 1. The summed E-state index contributed by atoms with van der Waals surface area (Å²) in [4.78, 5) is 2.63. The molecule has 0 radical (unpaired) electrons. The predicted molar refractivity (Wildman–Crippen MR) is 56.0 cm³/mol. The van der Waals surface area contributed by atoms with E-state index in [1.54, 1.807) is 0 Å². The first-order valence-electron chi connectivity index (χ1n) is 6.25. The molecule has 0 amide bonds. The summed E-state index contributed by atoms with van der Waals surface area (Å²) in [5.74, 6) is 2.01. The second-order valence-electron chi connectivity index (χ2n) is 5.46. The van der Waals surface area contributed by atoms with Crippen LogP contribution in [0.4, 0.5) is 0 Å². The number of nitrogens with zero attached hydrogens (tertiary/aromatic N) is 1. The van der Waals surface area contributed by atoms with Gasteiger partial charge < -0.3 is 5.11 Å². The molecule has 3 aliphatic rings. The molecule has 4 atom stereocenters. The minimum absolute atomic E-state index is 0.383. The summed E-state index contributed by atoms with van der Waals surface area (Å²) in [6.07, 6.45) is 8.40. The summed E-state index contributed by atoms with van der Waals surface area (Å²) >= 11 is 0. The third-order valence-corrected chi connectivity index (χ3v) is 4.76. The van der Waals surface area contributed by atoms with E-state index in [9.17, 15) is 5.11 Å². The monoisotopic (exact) mass is 195 g/mol. The standard InChI is InChI=1S/C12H21NO/c14-8-11-2-1-5-13(11)12-7-9-3-4-10(12)6-9/h9-12,14H,1-8H2/t9?,10?,11-,12?/m1/s1. The van der Waals surface area contributed by atoms with Crippen molar-refractivity contribution in [1.29, 1.82) is 0 Å². The lowest BCUT2D eigenvalue weighted by molar-refractivity contribution is 0.0891. The quantitative estimate of drug-likeness (QED) is 0.724. The molecule has 2 aliphatic carbocycles. The maximum atomic E-state index is 9.33. The second kappa shape index (κ2) is 3.49. The van der Waals surface area contributed by atoms with Gasteiger partial charge in [-0.2, -0.15) is 0 Å². The Bertz CT molecular complexity index is 214. The van der Waals surface area contributed by atoms with Crippen LogP contribution in [0.15, 0.2) is 0 Å². The topological polar surface area (TPSA) is 23.5 Å². The Kier molecular flexibility index (Phi) is 2.29. The van der Waals surface area contributed by atoms with Crippen LogP contribution in [-0.4, -0.2) is 35.2 Å². The van der Waals surface area contributed by atoms with Crippen molar-refractivity contribution in [2.75, 3.05) is 13.2 Å². The fraction of sp³-hybridized carbons (Fsp3) is 1.00. The van der Waals surface area contributed by atoms with Crippen LogP contribution in [0.3, 0.4) is 0 Å². The van der Waals surface area contributed by atoms with Crippen molar-refractivity contribution >= 4 is 0 Å². The average molecular weight is 195 g/mol. The van der Waals surface area contributed by atoms with Crippen LogP contribution in [0.2, 0.25) is 0 Å². The first-order valence-corrected chi connectivity index (χ1v) is 6.25. The van der Waals surface area contributed by atoms with Gasteiger partial charge in [0.05, 0.1) is 6.61 Å². The van der Waals surface area contributed by atoms with Gasteiger partial charge in [-0.05, 0) is 50.5 Å². The van der Waals surface area contributed by atoms with Gasteiger partial charge in [0.25, 0.3) is 0 Å². The SMILES string of the molecule is OC[C@H]1CCCN1C1CC2CCC1C2. The van der Waals surface area contributed by atoms with Gasteiger partial charge >= 0.3 is 0 Å². The Morgan fingerprint density at radius 2 is 2.07 bits per heavy atom. The summed E-state index contributed by atoms with van der Waals surface area (Å²) in [5, 5.41) is 9.33. The molecule has 1 aliphatic heterocycles. The molecule has 0 aromatic heterocycles. The van der Waals surface area contributed by atoms with E-state index in [-0.39, 0.29) is 0 Å². The summed E-state index contributed by atoms with van der Waals surface area (Å²) in [6.45, 7) is 1.63. The van der Waals surface area contributed by atoms with Gasteiger partial charge in [-0.1, -0.05) is 6.42 Å². The highest BCUT2D eigenvalue weighted by Crippen LogP contribution is 2.47. The highest BCUT2D eigenvalue weighted by Gasteiger charge is 2.44. The molecule has 0 aromatic rings. The maximum Gasteiger partial charge on any atom is 0.0586 e. The van der Waals surface area contributed by atoms with Gasteiger partial charge in [-0.3, -0.25) is 4.90 Å². The number of aliphatic hydroxyl groups excluding tert-OH is 1. The Balaban J connectivity index is 1.70. The van der Waals surface area contributed by atoms with Gasteiger partial charge in [-0.25, -0.2) is 0 Å². The normalized spacial score (nSPS) is 47.8. The van der Waals surface area contributed by atoms with Crippen molar-refractivity contribution in [3.63, 3.8) is 0 Å². The van der Waals surface area contributed by atoms with Gasteiger partial charge in [-0.15, -0.1) is 0 Å². The fourth-order valence-electron chi connectivity index (χ4n) is 4.11. The molecule has 3 fully saturated rings. The van der Waals surface area contributed by atoms with E-state index in [0.29, 0.717) is 12.6 Å². The van der Waals surface area contributed by atoms with Crippen LogP contribution in [0, 0.1) is 11.8 Å². The van der Waals surface area contributed by atoms with Crippen molar-refractivity contribution in [2.24, 2.45) is 11.8 Å². The minimum atomic E-state index is 0.383. The van der Waals surface area contributed by atoms with E-state index in [0.717, 1.165) is 17.9 Å². The molecular formula is C12H21NO. The Hall–Kier alpha value is -0.0800. The van der Waals surface area contributed by atoms with Crippen LogP contribution >= 0.6 is 0 Å². The van der Waals surface area contributed by atoms with E-state index in [4.69, 9.17) is 0 Å². The van der Waals surface area contributed by atoms with Crippen molar-refractivity contribution in [1.82, 2.24) is 4.90 Å². The van der Waals surface area contributed by atoms with Gasteiger partial charge in [0.2, 0.25) is 0 Å². The zero-order valence-electron chi connectivity index (χ0n) is 8.86. The zero-order valence-corrected chi connectivity index (χ0v) is 8.86. The second-order valence-corrected chi connectivity index (χ2v) is 5.46. The smallest absolute Gasteiger partial charge is 0.0586 e. The molecule has 1 heterocycles. The van der Waals surface area contributed by atoms with Crippen LogP contribution in [0.5, 0.6) is 0 Å². The molecule has 3 rings (SSSR count). The Morgan fingerprint density at radius 3 is 2.71 bits per heavy atom. The molecular weight excluding hydrogens is 174 g/mol. The number of hydrogen-bond donors (Lipinski definition) is 1. The number of rotatable bonds is 2. The molecule has 2 bridgehead atoms. The minimum Gasteiger partial charge on any atom is -0.395 e. The molecule has 2 saturated carbocycles. The summed E-state index contributed by atoms with van der Waals surface area (Å²) in [5.41, 5.74) is 0. The van der Waals surface area contributed by atoms with Gasteiger partial charge in [0, 0.05) is 12.1 Å². The highest BCUT2D eigenvalue weighted by atomic mass is 16.3. The largest absolute Gasteiger partial charge is 0.395 e. The fourth-order valence-corrected chi connectivity index (χ4v) is 4.11. The first kappa shape index (κ1) is 9.17. The number of aliphatic hydroxyl groups is 1. The number of fused-ring (bicyclic) bond motifs is 2. The summed E-state index contributed by atoms with van der Waals surface area (Å²) in [7, 11) is 0. The van der Waals surface area contributed by atoms with E-state index < -0.39 is 0 Å². The maximum absolute atomic E-state index is 9.33. The molecule has 2 heteroatoms. The summed E-state index contributed by atoms with van der Waals surface area (Å²) < 4.78 is 0. The van der Waals surface area contributed by atoms with Crippen molar-refractivity contribution in [2.45, 2.75) is 50.6 Å². The molecule has 14 heavy (non-hydrogen) atoms. The zero-order chi connectivity index (χ0) is 9.54. The van der Waals surface area contributed by atoms with E-state index in [1.165, 1.54) is 45.1 Å². The van der Waals surface area contributed by atoms with Crippen LogP contribution in [0.25, 0.3) is 0 Å². The first-order chi connectivity index (χ1) is 6.88.